The third kappa shape index (κ3) is 3.76. The predicted molar refractivity (Wildman–Crippen MR) is 117 cm³/mol. The van der Waals surface area contributed by atoms with Crippen molar-refractivity contribution in [3.05, 3.63) is 82.7 Å². The molecule has 7 heteroatoms. The van der Waals surface area contributed by atoms with E-state index in [0.29, 0.717) is 45.3 Å². The van der Waals surface area contributed by atoms with Gasteiger partial charge in [0.25, 0.3) is 0 Å². The number of fused-ring (bicyclic) bond motifs is 2. The van der Waals surface area contributed by atoms with Gasteiger partial charge in [-0.3, -0.25) is 4.79 Å². The molecule has 1 aromatic heterocycles. The van der Waals surface area contributed by atoms with E-state index in [1.54, 1.807) is 73.8 Å². The van der Waals surface area contributed by atoms with Crippen LogP contribution in [0.2, 0.25) is 0 Å². The zero-order chi connectivity index (χ0) is 22.1. The highest BCUT2D eigenvalue weighted by Gasteiger charge is 2.16. The van der Waals surface area contributed by atoms with Crippen molar-refractivity contribution in [2.24, 2.45) is 0 Å². The van der Waals surface area contributed by atoms with Crippen LogP contribution < -0.4 is 24.6 Å². The van der Waals surface area contributed by atoms with E-state index in [0.717, 1.165) is 5.39 Å². The summed E-state index contributed by atoms with van der Waals surface area (Å²) in [6.45, 7) is 0.0200. The predicted octanol–water partition coefficient (Wildman–Crippen LogP) is 4.46. The van der Waals surface area contributed by atoms with Crippen LogP contribution >= 0.6 is 0 Å². The second kappa shape index (κ2) is 8.11. The van der Waals surface area contributed by atoms with Crippen LogP contribution in [0.15, 0.2) is 75.9 Å². The third-order valence-electron chi connectivity index (χ3n) is 5.17. The van der Waals surface area contributed by atoms with Gasteiger partial charge in [0.1, 0.15) is 17.1 Å². The van der Waals surface area contributed by atoms with E-state index in [2.05, 4.69) is 0 Å². The van der Waals surface area contributed by atoms with Crippen molar-refractivity contribution in [3.63, 3.8) is 0 Å². The van der Waals surface area contributed by atoms with Gasteiger partial charge in [-0.2, -0.15) is 0 Å². The summed E-state index contributed by atoms with van der Waals surface area (Å²) in [5, 5.41) is 0.728. The van der Waals surface area contributed by atoms with E-state index in [1.807, 2.05) is 0 Å². The number of benzene rings is 3. The number of hydrogen-bond donors (Lipinski definition) is 0. The lowest BCUT2D eigenvalue weighted by molar-refractivity contribution is 0.0921. The zero-order valence-corrected chi connectivity index (χ0v) is 17.1. The SMILES string of the molecule is COc1ccc(C(=O)COc2ccc3cc(-c4ccc5c(c4)OCO5)c(=O)oc3c2)cc1. The van der Waals surface area contributed by atoms with Gasteiger partial charge in [0, 0.05) is 17.0 Å². The molecule has 1 aliphatic rings. The molecule has 0 unspecified atom stereocenters. The van der Waals surface area contributed by atoms with Crippen LogP contribution in [0.25, 0.3) is 22.1 Å². The number of hydrogen-bond acceptors (Lipinski definition) is 7. The smallest absolute Gasteiger partial charge is 0.344 e. The minimum absolute atomic E-state index is 0.142. The Morgan fingerprint density at radius 2 is 1.69 bits per heavy atom. The van der Waals surface area contributed by atoms with E-state index in [1.165, 1.54) is 0 Å². The fraction of sp³-hybridized carbons (Fsp3) is 0.120. The van der Waals surface area contributed by atoms with Crippen LogP contribution in [0.1, 0.15) is 10.4 Å². The Bertz CT molecular complexity index is 1370. The Morgan fingerprint density at radius 3 is 2.50 bits per heavy atom. The molecule has 0 aliphatic carbocycles. The van der Waals surface area contributed by atoms with Gasteiger partial charge in [0.05, 0.1) is 12.7 Å². The molecule has 0 saturated carbocycles. The lowest BCUT2D eigenvalue weighted by Crippen LogP contribution is -2.11. The van der Waals surface area contributed by atoms with Gasteiger partial charge in [-0.05, 0) is 60.2 Å². The Morgan fingerprint density at radius 1 is 0.906 bits per heavy atom. The van der Waals surface area contributed by atoms with Crippen molar-refractivity contribution in [1.82, 2.24) is 0 Å². The van der Waals surface area contributed by atoms with Crippen molar-refractivity contribution in [2.45, 2.75) is 0 Å². The monoisotopic (exact) mass is 430 g/mol. The summed E-state index contributed by atoms with van der Waals surface area (Å²) >= 11 is 0. The highest BCUT2D eigenvalue weighted by molar-refractivity contribution is 5.97. The maximum absolute atomic E-state index is 12.6. The minimum Gasteiger partial charge on any atom is -0.497 e. The van der Waals surface area contributed by atoms with Gasteiger partial charge in [-0.1, -0.05) is 6.07 Å². The first-order valence-electron chi connectivity index (χ1n) is 9.89. The van der Waals surface area contributed by atoms with Gasteiger partial charge < -0.3 is 23.4 Å². The molecule has 4 aromatic rings. The minimum atomic E-state index is -0.483. The maximum Gasteiger partial charge on any atom is 0.344 e. The molecule has 2 heterocycles. The Kier molecular flexibility index (Phi) is 4.99. The molecule has 0 spiro atoms. The second-order valence-electron chi connectivity index (χ2n) is 7.16. The Balaban J connectivity index is 1.35. The highest BCUT2D eigenvalue weighted by Crippen LogP contribution is 2.35. The van der Waals surface area contributed by atoms with E-state index in [4.69, 9.17) is 23.4 Å². The Labute approximate surface area is 182 Å². The fourth-order valence-corrected chi connectivity index (χ4v) is 3.46. The maximum atomic E-state index is 12.6. The van der Waals surface area contributed by atoms with Gasteiger partial charge >= 0.3 is 5.63 Å². The molecule has 1 aliphatic heterocycles. The first kappa shape index (κ1) is 19.7. The molecule has 5 rings (SSSR count). The molecule has 0 fully saturated rings. The number of Topliss-reactive ketones (excluding diaryl/α,β-unsaturated/α-hetero) is 1. The molecule has 0 radical (unpaired) electrons. The van der Waals surface area contributed by atoms with Crippen LogP contribution in [0.3, 0.4) is 0 Å². The highest BCUT2D eigenvalue weighted by atomic mass is 16.7. The summed E-state index contributed by atoms with van der Waals surface area (Å²) in [4.78, 5) is 25.0. The molecular formula is C25H18O7. The standard InChI is InChI=1S/C25H18O7/c1-28-18-6-2-15(3-7-18)21(26)13-29-19-8-4-17-10-20(25(27)32-23(17)12-19)16-5-9-22-24(11-16)31-14-30-22/h2-12H,13-14H2,1H3. The quantitative estimate of drug-likeness (QED) is 0.330. The zero-order valence-electron chi connectivity index (χ0n) is 17.1. The molecule has 160 valence electrons. The molecule has 0 amide bonds. The van der Waals surface area contributed by atoms with E-state index in [-0.39, 0.29) is 19.2 Å². The topological polar surface area (TPSA) is 84.2 Å². The summed E-state index contributed by atoms with van der Waals surface area (Å²) in [7, 11) is 1.57. The number of ether oxygens (including phenoxy) is 4. The average Bonchev–Trinajstić information content (AvgIpc) is 3.30. The Hall–Kier alpha value is -4.26. The van der Waals surface area contributed by atoms with Gasteiger partial charge in [0.2, 0.25) is 6.79 Å². The molecule has 0 atom stereocenters. The van der Waals surface area contributed by atoms with Crippen LogP contribution in [-0.2, 0) is 0 Å². The molecule has 3 aromatic carbocycles. The van der Waals surface area contributed by atoms with Crippen molar-refractivity contribution in [3.8, 4) is 34.1 Å². The summed E-state index contributed by atoms with van der Waals surface area (Å²) in [5.41, 5.74) is 1.50. The lowest BCUT2D eigenvalue weighted by atomic mass is 10.1. The largest absolute Gasteiger partial charge is 0.497 e. The van der Waals surface area contributed by atoms with E-state index < -0.39 is 5.63 Å². The molecule has 0 bridgehead atoms. The van der Waals surface area contributed by atoms with E-state index >= 15 is 0 Å². The van der Waals surface area contributed by atoms with Crippen molar-refractivity contribution >= 4 is 16.8 Å². The number of methoxy groups -OCH3 is 1. The summed E-state index contributed by atoms with van der Waals surface area (Å²) in [6.07, 6.45) is 0. The van der Waals surface area contributed by atoms with Gasteiger partial charge in [-0.15, -0.1) is 0 Å². The molecule has 7 nitrogen and oxygen atoms in total. The van der Waals surface area contributed by atoms with Crippen molar-refractivity contribution in [1.29, 1.82) is 0 Å². The molecule has 32 heavy (non-hydrogen) atoms. The number of carbonyl (C=O) groups excluding carboxylic acids is 1. The summed E-state index contributed by atoms with van der Waals surface area (Å²) < 4.78 is 26.9. The number of carbonyl (C=O) groups is 1. The molecule has 0 N–H and O–H groups in total. The van der Waals surface area contributed by atoms with Crippen LogP contribution in [0, 0.1) is 0 Å². The fourth-order valence-electron chi connectivity index (χ4n) is 3.46. The normalized spacial score (nSPS) is 12.0. The van der Waals surface area contributed by atoms with Crippen LogP contribution in [0.5, 0.6) is 23.0 Å². The third-order valence-corrected chi connectivity index (χ3v) is 5.17. The average molecular weight is 430 g/mol. The van der Waals surface area contributed by atoms with Crippen LogP contribution in [0.4, 0.5) is 0 Å². The van der Waals surface area contributed by atoms with Crippen molar-refractivity contribution < 1.29 is 28.2 Å². The first-order chi connectivity index (χ1) is 15.6. The number of ketones is 1. The summed E-state index contributed by atoms with van der Waals surface area (Å²) in [5.74, 6) is 2.16. The van der Waals surface area contributed by atoms with E-state index in [9.17, 15) is 9.59 Å². The van der Waals surface area contributed by atoms with Crippen LogP contribution in [-0.4, -0.2) is 26.3 Å². The molecule has 0 saturated heterocycles. The van der Waals surface area contributed by atoms with Gasteiger partial charge in [0.15, 0.2) is 23.9 Å². The summed E-state index contributed by atoms with van der Waals surface area (Å²) in [6, 6.07) is 19.0. The lowest BCUT2D eigenvalue weighted by Gasteiger charge is -2.08. The van der Waals surface area contributed by atoms with Crippen molar-refractivity contribution in [2.75, 3.05) is 20.5 Å². The first-order valence-corrected chi connectivity index (χ1v) is 9.89. The number of rotatable bonds is 6. The van der Waals surface area contributed by atoms with Gasteiger partial charge in [-0.25, -0.2) is 4.79 Å². The molecular weight excluding hydrogens is 412 g/mol. The second-order valence-corrected chi connectivity index (χ2v) is 7.16.